The third-order valence-corrected chi connectivity index (χ3v) is 4.23. The predicted molar refractivity (Wildman–Crippen MR) is 92.8 cm³/mol. The number of rotatable bonds is 5. The Kier molecular flexibility index (Phi) is 4.53. The van der Waals surface area contributed by atoms with Crippen LogP contribution in [0.2, 0.25) is 0 Å². The molecule has 0 aliphatic heterocycles. The van der Waals surface area contributed by atoms with Gasteiger partial charge in [0.1, 0.15) is 0 Å². The molecule has 0 bridgehead atoms. The summed E-state index contributed by atoms with van der Waals surface area (Å²) in [6.07, 6.45) is 7.70. The van der Waals surface area contributed by atoms with E-state index in [1.807, 2.05) is 42.6 Å². The molecule has 23 heavy (non-hydrogen) atoms. The van der Waals surface area contributed by atoms with Gasteiger partial charge in [0.05, 0.1) is 6.20 Å². The van der Waals surface area contributed by atoms with E-state index in [-0.39, 0.29) is 0 Å². The topological polar surface area (TPSA) is 34.0 Å². The maximum absolute atomic E-state index is 4.25. The van der Waals surface area contributed by atoms with Crippen LogP contribution in [0.5, 0.6) is 0 Å². The van der Waals surface area contributed by atoms with Gasteiger partial charge in [-0.25, -0.2) is 0 Å². The molecule has 4 heteroatoms. The molecule has 1 aromatic carbocycles. The first-order valence-electron chi connectivity index (χ1n) is 7.81. The molecule has 3 aromatic rings. The maximum Gasteiger partial charge on any atom is 0.0568 e. The van der Waals surface area contributed by atoms with Gasteiger partial charge in [-0.15, -0.1) is 0 Å². The summed E-state index contributed by atoms with van der Waals surface area (Å²) in [5.74, 6) is 0. The van der Waals surface area contributed by atoms with Crippen LogP contribution < -0.4 is 0 Å². The van der Waals surface area contributed by atoms with Gasteiger partial charge in [0, 0.05) is 43.8 Å². The van der Waals surface area contributed by atoms with Crippen molar-refractivity contribution in [3.8, 4) is 11.1 Å². The van der Waals surface area contributed by atoms with E-state index in [4.69, 9.17) is 0 Å². The molecule has 2 heterocycles. The van der Waals surface area contributed by atoms with Crippen LogP contribution in [0.4, 0.5) is 0 Å². The first kappa shape index (κ1) is 15.4. The lowest BCUT2D eigenvalue weighted by Crippen LogP contribution is -2.22. The van der Waals surface area contributed by atoms with E-state index < -0.39 is 0 Å². The largest absolute Gasteiger partial charge is 0.295 e. The third kappa shape index (κ3) is 3.66. The Balaban J connectivity index is 1.75. The smallest absolute Gasteiger partial charge is 0.0568 e. The summed E-state index contributed by atoms with van der Waals surface area (Å²) in [7, 11) is 4.09. The number of aromatic nitrogens is 3. The van der Waals surface area contributed by atoms with Crippen molar-refractivity contribution in [1.29, 1.82) is 0 Å². The van der Waals surface area contributed by atoms with E-state index in [9.17, 15) is 0 Å². The van der Waals surface area contributed by atoms with Gasteiger partial charge in [-0.1, -0.05) is 24.3 Å². The molecule has 2 aromatic heterocycles. The molecule has 1 atom stereocenters. The summed E-state index contributed by atoms with van der Waals surface area (Å²) < 4.78 is 1.83. The lowest BCUT2D eigenvalue weighted by Gasteiger charge is -2.25. The van der Waals surface area contributed by atoms with Crippen LogP contribution in [0.15, 0.2) is 61.2 Å². The number of nitrogens with zero attached hydrogens (tertiary/aromatic N) is 4. The van der Waals surface area contributed by atoms with Crippen LogP contribution >= 0.6 is 0 Å². The first-order chi connectivity index (χ1) is 11.1. The molecular formula is C19H22N4. The third-order valence-electron chi connectivity index (χ3n) is 4.23. The number of hydrogen-bond donors (Lipinski definition) is 0. The van der Waals surface area contributed by atoms with E-state index >= 15 is 0 Å². The van der Waals surface area contributed by atoms with Crippen LogP contribution in [-0.2, 0) is 13.6 Å². The minimum Gasteiger partial charge on any atom is -0.295 e. The lowest BCUT2D eigenvalue weighted by molar-refractivity contribution is 0.253. The maximum atomic E-state index is 4.25. The van der Waals surface area contributed by atoms with E-state index in [2.05, 4.69) is 59.3 Å². The van der Waals surface area contributed by atoms with Crippen LogP contribution in [0.25, 0.3) is 11.1 Å². The summed E-state index contributed by atoms with van der Waals surface area (Å²) in [5, 5.41) is 4.25. The van der Waals surface area contributed by atoms with E-state index in [0.717, 1.165) is 12.1 Å². The van der Waals surface area contributed by atoms with Crippen LogP contribution in [-0.4, -0.2) is 26.7 Å². The van der Waals surface area contributed by atoms with Gasteiger partial charge in [0.15, 0.2) is 0 Å². The van der Waals surface area contributed by atoms with Crippen molar-refractivity contribution in [2.45, 2.75) is 19.5 Å². The second-order valence-electron chi connectivity index (χ2n) is 5.98. The highest BCUT2D eigenvalue weighted by atomic mass is 15.2. The van der Waals surface area contributed by atoms with Crippen LogP contribution in [0.3, 0.4) is 0 Å². The molecule has 0 N–H and O–H groups in total. The van der Waals surface area contributed by atoms with Crippen molar-refractivity contribution >= 4 is 0 Å². The molecule has 0 radical (unpaired) electrons. The highest BCUT2D eigenvalue weighted by molar-refractivity contribution is 5.62. The molecule has 0 unspecified atom stereocenters. The van der Waals surface area contributed by atoms with Gasteiger partial charge in [-0.2, -0.15) is 5.10 Å². The average molecular weight is 306 g/mol. The van der Waals surface area contributed by atoms with E-state index in [1.54, 1.807) is 0 Å². The molecular weight excluding hydrogens is 284 g/mol. The predicted octanol–water partition coefficient (Wildman–Crippen LogP) is 3.68. The minimum atomic E-state index is 0.325. The zero-order chi connectivity index (χ0) is 16.2. The number of benzene rings is 1. The molecule has 0 spiro atoms. The molecule has 0 aliphatic rings. The van der Waals surface area contributed by atoms with Gasteiger partial charge in [0.25, 0.3) is 0 Å². The molecule has 118 valence electrons. The SMILES string of the molecule is C[C@H](c1cccnc1)N(C)Cc1cccc(-c2cnn(C)c2)c1. The first-order valence-corrected chi connectivity index (χ1v) is 7.81. The van der Waals surface area contributed by atoms with Crippen molar-refractivity contribution in [2.24, 2.45) is 7.05 Å². The summed E-state index contributed by atoms with van der Waals surface area (Å²) in [6.45, 7) is 3.10. The van der Waals surface area contributed by atoms with Gasteiger partial charge < -0.3 is 0 Å². The van der Waals surface area contributed by atoms with Crippen molar-refractivity contribution in [3.05, 3.63) is 72.3 Å². The van der Waals surface area contributed by atoms with Crippen molar-refractivity contribution in [2.75, 3.05) is 7.05 Å². The van der Waals surface area contributed by atoms with Crippen LogP contribution in [0.1, 0.15) is 24.1 Å². The van der Waals surface area contributed by atoms with Gasteiger partial charge >= 0.3 is 0 Å². The second kappa shape index (κ2) is 6.75. The Labute approximate surface area is 137 Å². The standard InChI is InChI=1S/C19H22N4/c1-15(18-8-5-9-20-11-18)22(2)13-16-6-4-7-17(10-16)19-12-21-23(3)14-19/h4-12,14-15H,13H2,1-3H3/t15-/m1/s1. The minimum absolute atomic E-state index is 0.325. The molecule has 0 saturated heterocycles. The number of hydrogen-bond acceptors (Lipinski definition) is 3. The Morgan fingerprint density at radius 2 is 2.00 bits per heavy atom. The summed E-state index contributed by atoms with van der Waals surface area (Å²) >= 11 is 0. The quantitative estimate of drug-likeness (QED) is 0.721. The molecule has 0 fully saturated rings. The fraction of sp³-hybridized carbons (Fsp3) is 0.263. The zero-order valence-electron chi connectivity index (χ0n) is 13.8. The second-order valence-corrected chi connectivity index (χ2v) is 5.98. The Morgan fingerprint density at radius 1 is 1.13 bits per heavy atom. The monoisotopic (exact) mass is 306 g/mol. The highest BCUT2D eigenvalue weighted by Gasteiger charge is 2.12. The Bertz CT molecular complexity index is 764. The molecule has 0 aliphatic carbocycles. The molecule has 0 amide bonds. The number of pyridine rings is 1. The highest BCUT2D eigenvalue weighted by Crippen LogP contribution is 2.23. The van der Waals surface area contributed by atoms with E-state index in [1.165, 1.54) is 16.7 Å². The van der Waals surface area contributed by atoms with Crippen LogP contribution in [0, 0.1) is 0 Å². The molecule has 0 saturated carbocycles. The Morgan fingerprint density at radius 3 is 2.70 bits per heavy atom. The molecule has 4 nitrogen and oxygen atoms in total. The fourth-order valence-corrected chi connectivity index (χ4v) is 2.72. The normalized spacial score (nSPS) is 12.5. The van der Waals surface area contributed by atoms with E-state index in [0.29, 0.717) is 6.04 Å². The van der Waals surface area contributed by atoms with Crippen molar-refractivity contribution in [1.82, 2.24) is 19.7 Å². The van der Waals surface area contributed by atoms with Gasteiger partial charge in [-0.05, 0) is 42.8 Å². The fourth-order valence-electron chi connectivity index (χ4n) is 2.72. The summed E-state index contributed by atoms with van der Waals surface area (Å²) in [4.78, 5) is 6.55. The molecule has 3 rings (SSSR count). The van der Waals surface area contributed by atoms with Crippen molar-refractivity contribution in [3.63, 3.8) is 0 Å². The average Bonchev–Trinajstić information content (AvgIpc) is 3.02. The summed E-state index contributed by atoms with van der Waals surface area (Å²) in [5.41, 5.74) is 4.89. The van der Waals surface area contributed by atoms with Gasteiger partial charge in [-0.3, -0.25) is 14.6 Å². The van der Waals surface area contributed by atoms with Crippen molar-refractivity contribution < 1.29 is 0 Å². The zero-order valence-corrected chi connectivity index (χ0v) is 13.8. The summed E-state index contributed by atoms with van der Waals surface area (Å²) in [6, 6.07) is 13.1. The number of aryl methyl sites for hydroxylation is 1. The lowest BCUT2D eigenvalue weighted by atomic mass is 10.0. The Hall–Kier alpha value is -2.46. The van der Waals surface area contributed by atoms with Gasteiger partial charge in [0.2, 0.25) is 0 Å².